The quantitative estimate of drug-likeness (QED) is 0.698. The number of nitrogens with zero attached hydrogens (tertiary/aromatic N) is 4. The highest BCUT2D eigenvalue weighted by Gasteiger charge is 2.59. The molecule has 2 heterocycles. The number of rotatable bonds is 6. The Labute approximate surface area is 189 Å². The van der Waals surface area contributed by atoms with Crippen LogP contribution in [0.2, 0.25) is 0 Å². The molecule has 1 aromatic heterocycles. The van der Waals surface area contributed by atoms with Crippen molar-refractivity contribution in [1.82, 2.24) is 20.2 Å². The highest BCUT2D eigenvalue weighted by atomic mass is 16.4. The van der Waals surface area contributed by atoms with Crippen LogP contribution in [0.3, 0.4) is 0 Å². The standard InChI is InChI=1S/C24H35N5O3/c1-3-23(2,29-8-6-28(7-9-29)19-15-25-4-5-26-19)21(30)27-20-17-10-16-11-18(20)14-24(12-16,13-17)22(31)32/h4-5,15-18,20H,3,6-14H2,1-2H3,(H,27,30)(H,31,32). The molecule has 0 radical (unpaired) electrons. The van der Waals surface area contributed by atoms with Crippen molar-refractivity contribution in [2.45, 2.75) is 64.0 Å². The zero-order valence-corrected chi connectivity index (χ0v) is 19.2. The SMILES string of the molecule is CCC(C)(C(=O)NC1C2CC3CC1CC(C(=O)O)(C3)C2)N1CCN(c2cnccn2)CC1. The first-order chi connectivity index (χ1) is 15.3. The van der Waals surface area contributed by atoms with E-state index in [1.165, 1.54) is 0 Å². The molecular formula is C24H35N5O3. The predicted octanol–water partition coefficient (Wildman–Crippen LogP) is 2.16. The predicted molar refractivity (Wildman–Crippen MR) is 120 cm³/mol. The van der Waals surface area contributed by atoms with Crippen LogP contribution < -0.4 is 10.2 Å². The van der Waals surface area contributed by atoms with E-state index in [1.54, 1.807) is 18.6 Å². The number of carbonyl (C=O) groups excluding carboxylic acids is 1. The zero-order chi connectivity index (χ0) is 22.5. The third-order valence-electron chi connectivity index (χ3n) is 9.05. The number of piperazine rings is 1. The minimum Gasteiger partial charge on any atom is -0.481 e. The molecule has 1 aliphatic heterocycles. The molecule has 3 atom stereocenters. The summed E-state index contributed by atoms with van der Waals surface area (Å²) in [6.45, 7) is 7.39. The fourth-order valence-electron chi connectivity index (χ4n) is 7.24. The van der Waals surface area contributed by atoms with E-state index in [-0.39, 0.29) is 11.9 Å². The van der Waals surface area contributed by atoms with Crippen LogP contribution in [0, 0.1) is 23.2 Å². The highest BCUT2D eigenvalue weighted by molar-refractivity contribution is 5.86. The van der Waals surface area contributed by atoms with Crippen molar-refractivity contribution >= 4 is 17.7 Å². The van der Waals surface area contributed by atoms with Gasteiger partial charge in [-0.2, -0.15) is 0 Å². The van der Waals surface area contributed by atoms with E-state index in [1.807, 2.05) is 0 Å². The lowest BCUT2D eigenvalue weighted by Gasteiger charge is -2.58. The summed E-state index contributed by atoms with van der Waals surface area (Å²) in [5, 5.41) is 13.3. The molecule has 5 fully saturated rings. The Morgan fingerprint density at radius 1 is 1.16 bits per heavy atom. The maximum atomic E-state index is 13.6. The van der Waals surface area contributed by atoms with E-state index in [0.29, 0.717) is 17.8 Å². The average molecular weight is 442 g/mol. The van der Waals surface area contributed by atoms with Crippen LogP contribution in [-0.2, 0) is 9.59 Å². The first kappa shape index (κ1) is 21.6. The maximum Gasteiger partial charge on any atom is 0.309 e. The van der Waals surface area contributed by atoms with Gasteiger partial charge in [0.1, 0.15) is 5.82 Å². The fraction of sp³-hybridized carbons (Fsp3) is 0.750. The molecule has 6 rings (SSSR count). The fourth-order valence-corrected chi connectivity index (χ4v) is 7.24. The Hall–Kier alpha value is -2.22. The first-order valence-corrected chi connectivity index (χ1v) is 12.1. The van der Waals surface area contributed by atoms with Gasteiger partial charge in [-0.05, 0) is 63.2 Å². The molecule has 1 saturated heterocycles. The number of aromatic nitrogens is 2. The number of carboxylic acids is 1. The minimum atomic E-state index is -0.624. The van der Waals surface area contributed by atoms with Gasteiger partial charge >= 0.3 is 5.97 Å². The molecule has 0 aromatic carbocycles. The average Bonchev–Trinajstić information content (AvgIpc) is 2.81. The van der Waals surface area contributed by atoms with Crippen LogP contribution in [0.25, 0.3) is 0 Å². The number of aliphatic carboxylic acids is 1. The molecule has 8 nitrogen and oxygen atoms in total. The third kappa shape index (κ3) is 3.47. The van der Waals surface area contributed by atoms with E-state index in [4.69, 9.17) is 0 Å². The largest absolute Gasteiger partial charge is 0.481 e. The highest BCUT2D eigenvalue weighted by Crippen LogP contribution is 2.60. The first-order valence-electron chi connectivity index (χ1n) is 12.1. The Morgan fingerprint density at radius 2 is 1.84 bits per heavy atom. The molecule has 4 aliphatic carbocycles. The second-order valence-corrected chi connectivity index (χ2v) is 10.7. The number of hydrogen-bond donors (Lipinski definition) is 2. The number of anilines is 1. The molecule has 0 spiro atoms. The number of amides is 1. The molecule has 2 N–H and O–H groups in total. The lowest BCUT2D eigenvalue weighted by atomic mass is 9.48. The van der Waals surface area contributed by atoms with Gasteiger partial charge in [0.05, 0.1) is 17.2 Å². The Morgan fingerprint density at radius 3 is 2.41 bits per heavy atom. The van der Waals surface area contributed by atoms with E-state index >= 15 is 0 Å². The zero-order valence-electron chi connectivity index (χ0n) is 19.2. The van der Waals surface area contributed by atoms with Gasteiger partial charge in [-0.15, -0.1) is 0 Å². The summed E-state index contributed by atoms with van der Waals surface area (Å²) in [6, 6.07) is 0.123. The minimum absolute atomic E-state index is 0.106. The summed E-state index contributed by atoms with van der Waals surface area (Å²) in [6.07, 6.45) is 10.3. The van der Waals surface area contributed by atoms with Crippen molar-refractivity contribution < 1.29 is 14.7 Å². The molecule has 5 aliphatic rings. The van der Waals surface area contributed by atoms with Gasteiger partial charge < -0.3 is 15.3 Å². The topological polar surface area (TPSA) is 98.7 Å². The van der Waals surface area contributed by atoms with E-state index in [2.05, 4.69) is 38.9 Å². The van der Waals surface area contributed by atoms with E-state index in [0.717, 1.165) is 70.5 Å². The van der Waals surface area contributed by atoms with Gasteiger partial charge in [-0.1, -0.05) is 6.92 Å². The molecule has 8 heteroatoms. The summed E-state index contributed by atoms with van der Waals surface area (Å²) < 4.78 is 0. The third-order valence-corrected chi connectivity index (χ3v) is 9.05. The van der Waals surface area contributed by atoms with Crippen LogP contribution in [0.15, 0.2) is 18.6 Å². The molecule has 174 valence electrons. The molecule has 1 amide bonds. The van der Waals surface area contributed by atoms with Gasteiger partial charge in [-0.3, -0.25) is 19.5 Å². The second kappa shape index (κ2) is 7.97. The van der Waals surface area contributed by atoms with Crippen LogP contribution in [0.4, 0.5) is 5.82 Å². The van der Waals surface area contributed by atoms with Crippen LogP contribution >= 0.6 is 0 Å². The molecule has 4 saturated carbocycles. The van der Waals surface area contributed by atoms with Crippen molar-refractivity contribution in [2.24, 2.45) is 23.2 Å². The van der Waals surface area contributed by atoms with E-state index in [9.17, 15) is 14.7 Å². The molecular weight excluding hydrogens is 406 g/mol. The van der Waals surface area contributed by atoms with Crippen LogP contribution in [0.1, 0.15) is 52.4 Å². The summed E-state index contributed by atoms with van der Waals surface area (Å²) >= 11 is 0. The normalized spacial score (nSPS) is 36.0. The van der Waals surface area contributed by atoms with Gasteiger partial charge in [-0.25, -0.2) is 4.98 Å². The van der Waals surface area contributed by atoms with Crippen molar-refractivity contribution in [3.63, 3.8) is 0 Å². The molecule has 32 heavy (non-hydrogen) atoms. The Kier molecular flexibility index (Phi) is 5.39. The van der Waals surface area contributed by atoms with Crippen molar-refractivity contribution in [1.29, 1.82) is 0 Å². The monoisotopic (exact) mass is 441 g/mol. The molecule has 1 aromatic rings. The maximum absolute atomic E-state index is 13.6. The summed E-state index contributed by atoms with van der Waals surface area (Å²) in [4.78, 5) is 38.8. The number of carboxylic acid groups (broad SMARTS) is 1. The lowest BCUT2D eigenvalue weighted by Crippen LogP contribution is -2.66. The van der Waals surface area contributed by atoms with Gasteiger partial charge in [0.2, 0.25) is 5.91 Å². The van der Waals surface area contributed by atoms with Crippen LogP contribution in [0.5, 0.6) is 0 Å². The van der Waals surface area contributed by atoms with Crippen molar-refractivity contribution in [3.8, 4) is 0 Å². The lowest BCUT2D eigenvalue weighted by molar-refractivity contribution is -0.168. The van der Waals surface area contributed by atoms with Gasteiger partial charge in [0.25, 0.3) is 0 Å². The molecule has 3 unspecified atom stereocenters. The number of nitrogens with one attached hydrogen (secondary N) is 1. The Balaban J connectivity index is 1.25. The summed E-state index contributed by atoms with van der Waals surface area (Å²) in [5.74, 6) is 1.49. The second-order valence-electron chi connectivity index (χ2n) is 10.7. The smallest absolute Gasteiger partial charge is 0.309 e. The summed E-state index contributed by atoms with van der Waals surface area (Å²) in [5.41, 5.74) is -1.10. The van der Waals surface area contributed by atoms with E-state index < -0.39 is 16.9 Å². The van der Waals surface area contributed by atoms with Crippen LogP contribution in [-0.4, -0.2) is 69.6 Å². The molecule has 4 bridgehead atoms. The van der Waals surface area contributed by atoms with Crippen molar-refractivity contribution in [2.75, 3.05) is 31.1 Å². The number of hydrogen-bond acceptors (Lipinski definition) is 6. The van der Waals surface area contributed by atoms with Gasteiger partial charge in [0, 0.05) is 44.6 Å². The van der Waals surface area contributed by atoms with Crippen molar-refractivity contribution in [3.05, 3.63) is 18.6 Å². The van der Waals surface area contributed by atoms with Gasteiger partial charge in [0.15, 0.2) is 0 Å². The summed E-state index contributed by atoms with van der Waals surface area (Å²) in [7, 11) is 0. The Bertz CT molecular complexity index is 856. The number of carbonyl (C=O) groups is 2.